The zero-order valence-corrected chi connectivity index (χ0v) is 16.7. The van der Waals surface area contributed by atoms with Gasteiger partial charge in [0.05, 0.1) is 5.69 Å². The molecule has 0 spiro atoms. The Hall–Kier alpha value is -3.47. The highest BCUT2D eigenvalue weighted by Gasteiger charge is 2.20. The van der Waals surface area contributed by atoms with Crippen LogP contribution in [0.2, 0.25) is 0 Å². The van der Waals surface area contributed by atoms with E-state index in [4.69, 9.17) is 4.42 Å². The van der Waals surface area contributed by atoms with Crippen molar-refractivity contribution in [1.29, 1.82) is 0 Å². The number of rotatable bonds is 6. The summed E-state index contributed by atoms with van der Waals surface area (Å²) in [6.07, 6.45) is 1.87. The van der Waals surface area contributed by atoms with E-state index in [1.807, 2.05) is 30.7 Å². The lowest BCUT2D eigenvalue weighted by Gasteiger charge is -2.13. The Labute approximate surface area is 173 Å². The molecule has 4 aromatic rings. The summed E-state index contributed by atoms with van der Waals surface area (Å²) < 4.78 is 35.2. The molecule has 0 bridgehead atoms. The van der Waals surface area contributed by atoms with Crippen LogP contribution in [0.15, 0.2) is 77.3 Å². The Morgan fingerprint density at radius 3 is 2.40 bits per heavy atom. The lowest BCUT2D eigenvalue weighted by atomic mass is 10.0. The second-order valence-corrected chi connectivity index (χ2v) is 7.44. The van der Waals surface area contributed by atoms with Gasteiger partial charge in [-0.3, -0.25) is 4.79 Å². The Balaban J connectivity index is 1.70. The van der Waals surface area contributed by atoms with Crippen LogP contribution in [0.4, 0.5) is 8.78 Å². The molecule has 2 heterocycles. The molecule has 0 saturated heterocycles. The predicted molar refractivity (Wildman–Crippen MR) is 112 cm³/mol. The van der Waals surface area contributed by atoms with Crippen molar-refractivity contribution in [1.82, 2.24) is 4.57 Å². The third-order valence-electron chi connectivity index (χ3n) is 5.05. The highest BCUT2D eigenvalue weighted by molar-refractivity contribution is 5.95. The van der Waals surface area contributed by atoms with Gasteiger partial charge in [0.25, 0.3) is 0 Å². The summed E-state index contributed by atoms with van der Waals surface area (Å²) in [6.45, 7) is 4.09. The molecule has 0 aliphatic carbocycles. The van der Waals surface area contributed by atoms with Gasteiger partial charge >= 0.3 is 0 Å². The lowest BCUT2D eigenvalue weighted by Crippen LogP contribution is -2.04. The quantitative estimate of drug-likeness (QED) is 0.335. The van der Waals surface area contributed by atoms with Gasteiger partial charge in [-0.25, -0.2) is 8.78 Å². The molecule has 30 heavy (non-hydrogen) atoms. The number of hydrogen-bond acceptors (Lipinski definition) is 2. The molecule has 3 nitrogen and oxygen atoms in total. The molecule has 0 aliphatic heterocycles. The highest BCUT2D eigenvalue weighted by atomic mass is 19.1. The average Bonchev–Trinajstić information content (AvgIpc) is 3.37. The van der Waals surface area contributed by atoms with Gasteiger partial charge in [-0.05, 0) is 61.4 Å². The molecular formula is C25H21F2NO2. The van der Waals surface area contributed by atoms with E-state index in [0.717, 1.165) is 16.8 Å². The van der Waals surface area contributed by atoms with E-state index in [0.29, 0.717) is 11.3 Å². The molecule has 0 atom stereocenters. The summed E-state index contributed by atoms with van der Waals surface area (Å²) in [4.78, 5) is 12.7. The van der Waals surface area contributed by atoms with Gasteiger partial charge in [0, 0.05) is 24.2 Å². The minimum absolute atomic E-state index is 0.0738. The van der Waals surface area contributed by atoms with Crippen LogP contribution in [-0.4, -0.2) is 10.4 Å². The number of furan rings is 1. The molecule has 0 unspecified atom stereocenters. The summed E-state index contributed by atoms with van der Waals surface area (Å²) in [7, 11) is 0. The lowest BCUT2D eigenvalue weighted by molar-refractivity contribution is 0.0966. The Morgan fingerprint density at radius 1 is 0.967 bits per heavy atom. The smallest absolute Gasteiger partial charge is 0.202 e. The number of nitrogens with zero attached hydrogens (tertiary/aromatic N) is 1. The number of halogens is 2. The van der Waals surface area contributed by atoms with Gasteiger partial charge < -0.3 is 8.98 Å². The van der Waals surface area contributed by atoms with Crippen LogP contribution in [0.5, 0.6) is 0 Å². The SMILES string of the molecule is CC(C)n1ccc(-c2ccc(F)cc2)c1-c1ccc(C(=O)Cc2ccccc2F)o1. The summed E-state index contributed by atoms with van der Waals surface area (Å²) in [6, 6.07) is 17.9. The first-order valence-electron chi connectivity index (χ1n) is 9.77. The molecule has 0 N–H and O–H groups in total. The molecule has 0 saturated carbocycles. The number of carbonyl (C=O) groups is 1. The fourth-order valence-electron chi connectivity index (χ4n) is 3.52. The number of ketones is 1. The molecule has 0 amide bonds. The number of hydrogen-bond donors (Lipinski definition) is 0. The van der Waals surface area contributed by atoms with Crippen LogP contribution < -0.4 is 0 Å². The van der Waals surface area contributed by atoms with Crippen molar-refractivity contribution < 1.29 is 18.0 Å². The highest BCUT2D eigenvalue weighted by Crippen LogP contribution is 2.36. The second kappa shape index (κ2) is 8.11. The third kappa shape index (κ3) is 3.83. The largest absolute Gasteiger partial charge is 0.451 e. The number of Topliss-reactive ketones (excluding diaryl/α,β-unsaturated/α-hetero) is 1. The maximum Gasteiger partial charge on any atom is 0.202 e. The van der Waals surface area contributed by atoms with Crippen molar-refractivity contribution in [2.75, 3.05) is 0 Å². The minimum atomic E-state index is -0.412. The van der Waals surface area contributed by atoms with Crippen LogP contribution in [0.25, 0.3) is 22.6 Å². The first-order chi connectivity index (χ1) is 14.4. The van der Waals surface area contributed by atoms with E-state index < -0.39 is 5.82 Å². The van der Waals surface area contributed by atoms with Crippen LogP contribution in [0.3, 0.4) is 0 Å². The molecule has 152 valence electrons. The molecule has 4 rings (SSSR count). The Morgan fingerprint density at radius 2 is 1.70 bits per heavy atom. The maximum absolute atomic E-state index is 13.9. The van der Waals surface area contributed by atoms with Crippen LogP contribution in [0.1, 0.15) is 36.0 Å². The zero-order chi connectivity index (χ0) is 21.3. The Bertz CT molecular complexity index is 1190. The van der Waals surface area contributed by atoms with Crippen LogP contribution in [0, 0.1) is 11.6 Å². The van der Waals surface area contributed by atoms with E-state index in [2.05, 4.69) is 0 Å². The maximum atomic E-state index is 13.9. The molecule has 0 radical (unpaired) electrons. The van der Waals surface area contributed by atoms with Crippen molar-refractivity contribution in [2.24, 2.45) is 0 Å². The normalized spacial score (nSPS) is 11.2. The van der Waals surface area contributed by atoms with Crippen molar-refractivity contribution in [3.63, 3.8) is 0 Å². The van der Waals surface area contributed by atoms with E-state index >= 15 is 0 Å². The number of aromatic nitrogens is 1. The topological polar surface area (TPSA) is 35.1 Å². The third-order valence-corrected chi connectivity index (χ3v) is 5.05. The van der Waals surface area contributed by atoms with E-state index in [9.17, 15) is 13.6 Å². The average molecular weight is 405 g/mol. The number of carbonyl (C=O) groups excluding carboxylic acids is 1. The van der Waals surface area contributed by atoms with E-state index in [1.54, 1.807) is 42.5 Å². The van der Waals surface area contributed by atoms with Crippen molar-refractivity contribution in [3.8, 4) is 22.6 Å². The van der Waals surface area contributed by atoms with Gasteiger partial charge in [-0.1, -0.05) is 30.3 Å². The molecule has 2 aromatic carbocycles. The van der Waals surface area contributed by atoms with E-state index in [1.165, 1.54) is 18.2 Å². The van der Waals surface area contributed by atoms with Crippen LogP contribution >= 0.6 is 0 Å². The minimum Gasteiger partial charge on any atom is -0.451 e. The predicted octanol–water partition coefficient (Wildman–Crippen LogP) is 6.70. The van der Waals surface area contributed by atoms with Gasteiger partial charge in [0.1, 0.15) is 11.6 Å². The summed E-state index contributed by atoms with van der Waals surface area (Å²) in [5.74, 6) is -0.301. The fourth-order valence-corrected chi connectivity index (χ4v) is 3.52. The van der Waals surface area contributed by atoms with Gasteiger partial charge in [-0.15, -0.1) is 0 Å². The molecule has 5 heteroatoms. The molecule has 0 aliphatic rings. The van der Waals surface area contributed by atoms with Crippen molar-refractivity contribution >= 4 is 5.78 Å². The Kier molecular flexibility index (Phi) is 5.36. The standard InChI is InChI=1S/C25H21F2NO2/c1-16(2)28-14-13-20(17-7-9-19(26)10-8-17)25(28)24-12-11-23(30-24)22(29)15-18-5-3-4-6-21(18)27/h3-14,16H,15H2,1-2H3. The van der Waals surface area contributed by atoms with Crippen molar-refractivity contribution in [3.05, 3.63) is 95.9 Å². The second-order valence-electron chi connectivity index (χ2n) is 7.44. The van der Waals surface area contributed by atoms with E-state index in [-0.39, 0.29) is 29.8 Å². The molecular weight excluding hydrogens is 384 g/mol. The first-order valence-corrected chi connectivity index (χ1v) is 9.77. The monoisotopic (exact) mass is 405 g/mol. The summed E-state index contributed by atoms with van der Waals surface area (Å²) in [5.41, 5.74) is 2.87. The van der Waals surface area contributed by atoms with Crippen molar-refractivity contribution in [2.45, 2.75) is 26.3 Å². The molecule has 0 fully saturated rings. The van der Waals surface area contributed by atoms with Crippen LogP contribution in [-0.2, 0) is 6.42 Å². The van der Waals surface area contributed by atoms with Gasteiger partial charge in [0.2, 0.25) is 5.78 Å². The van der Waals surface area contributed by atoms with Gasteiger partial charge in [-0.2, -0.15) is 0 Å². The summed E-state index contributed by atoms with van der Waals surface area (Å²) >= 11 is 0. The fraction of sp³-hybridized carbons (Fsp3) is 0.160. The first kappa shape index (κ1) is 19.8. The van der Waals surface area contributed by atoms with Gasteiger partial charge in [0.15, 0.2) is 11.5 Å². The zero-order valence-electron chi connectivity index (χ0n) is 16.7. The summed E-state index contributed by atoms with van der Waals surface area (Å²) in [5, 5.41) is 0. The number of benzene rings is 2. The molecule has 2 aromatic heterocycles.